The van der Waals surface area contributed by atoms with Crippen molar-refractivity contribution >= 4 is 37.8 Å². The summed E-state index contributed by atoms with van der Waals surface area (Å²) >= 11 is 3.37. The Balaban J connectivity index is 1.74. The van der Waals surface area contributed by atoms with Crippen LogP contribution in [0.5, 0.6) is 0 Å². The summed E-state index contributed by atoms with van der Waals surface area (Å²) in [6.45, 7) is 0. The fourth-order valence-corrected chi connectivity index (χ4v) is 4.60. The summed E-state index contributed by atoms with van der Waals surface area (Å²) in [7, 11) is -3.10. The number of carbonyl (C=O) groups is 1. The molecule has 1 fully saturated rings. The summed E-state index contributed by atoms with van der Waals surface area (Å²) < 4.78 is 29.6. The Morgan fingerprint density at radius 1 is 1.27 bits per heavy atom. The molecule has 1 aliphatic heterocycles. The standard InChI is InChI=1S/C18H15BrN2O4S/c19-14-3-1-12(2-4-14)17-6-5-16(25-17)9-13(10-20)18(22)21-15-7-8-26(23,24)11-15/h1-6,9,15H,7-8,11H2,(H,21,22)/b13-9+. The Morgan fingerprint density at radius 2 is 2.00 bits per heavy atom. The molecule has 6 nitrogen and oxygen atoms in total. The SMILES string of the molecule is N#C/C(=C\c1ccc(-c2ccc(Br)cc2)o1)C(=O)NC1CCS(=O)(=O)C1. The molecular weight excluding hydrogens is 420 g/mol. The third-order valence-electron chi connectivity index (χ3n) is 3.97. The van der Waals surface area contributed by atoms with E-state index in [-0.39, 0.29) is 17.1 Å². The van der Waals surface area contributed by atoms with Crippen molar-refractivity contribution in [2.45, 2.75) is 12.5 Å². The normalized spacial score (nSPS) is 19.1. The van der Waals surface area contributed by atoms with Gasteiger partial charge in [0.1, 0.15) is 23.2 Å². The second kappa shape index (κ2) is 7.48. The van der Waals surface area contributed by atoms with Gasteiger partial charge in [0.05, 0.1) is 11.5 Å². The van der Waals surface area contributed by atoms with Crippen molar-refractivity contribution in [3.8, 4) is 17.4 Å². The minimum atomic E-state index is -3.10. The van der Waals surface area contributed by atoms with Crippen molar-refractivity contribution < 1.29 is 17.6 Å². The van der Waals surface area contributed by atoms with Crippen LogP contribution in [0.25, 0.3) is 17.4 Å². The largest absolute Gasteiger partial charge is 0.457 e. The van der Waals surface area contributed by atoms with Crippen LogP contribution in [-0.2, 0) is 14.6 Å². The van der Waals surface area contributed by atoms with Gasteiger partial charge in [0.15, 0.2) is 9.84 Å². The smallest absolute Gasteiger partial charge is 0.262 e. The zero-order valence-electron chi connectivity index (χ0n) is 13.6. The zero-order chi connectivity index (χ0) is 18.7. The van der Waals surface area contributed by atoms with Crippen molar-refractivity contribution in [1.82, 2.24) is 5.32 Å². The predicted molar refractivity (Wildman–Crippen MR) is 101 cm³/mol. The predicted octanol–water partition coefficient (Wildman–Crippen LogP) is 2.92. The molecule has 0 radical (unpaired) electrons. The second-order valence-electron chi connectivity index (χ2n) is 5.95. The molecular formula is C18H15BrN2O4S. The van der Waals surface area contributed by atoms with Gasteiger partial charge in [-0.15, -0.1) is 0 Å². The van der Waals surface area contributed by atoms with E-state index in [4.69, 9.17) is 4.42 Å². The maximum Gasteiger partial charge on any atom is 0.262 e. The van der Waals surface area contributed by atoms with E-state index < -0.39 is 21.8 Å². The van der Waals surface area contributed by atoms with E-state index >= 15 is 0 Å². The molecule has 1 N–H and O–H groups in total. The van der Waals surface area contributed by atoms with E-state index in [1.807, 2.05) is 30.3 Å². The lowest BCUT2D eigenvalue weighted by Gasteiger charge is -2.09. The Hall–Kier alpha value is -2.37. The van der Waals surface area contributed by atoms with E-state index in [0.717, 1.165) is 10.0 Å². The van der Waals surface area contributed by atoms with Crippen molar-refractivity contribution in [3.63, 3.8) is 0 Å². The molecule has 0 aliphatic carbocycles. The maximum absolute atomic E-state index is 12.2. The number of hydrogen-bond donors (Lipinski definition) is 1. The van der Waals surface area contributed by atoms with Crippen LogP contribution in [-0.4, -0.2) is 31.9 Å². The van der Waals surface area contributed by atoms with Gasteiger partial charge in [0.2, 0.25) is 0 Å². The molecule has 1 amide bonds. The number of benzene rings is 1. The highest BCUT2D eigenvalue weighted by Gasteiger charge is 2.29. The first-order valence-corrected chi connectivity index (χ1v) is 10.5. The average molecular weight is 435 g/mol. The average Bonchev–Trinajstić information content (AvgIpc) is 3.19. The number of nitriles is 1. The van der Waals surface area contributed by atoms with Gasteiger partial charge >= 0.3 is 0 Å². The molecule has 0 bridgehead atoms. The van der Waals surface area contributed by atoms with Gasteiger partial charge in [-0.2, -0.15) is 5.26 Å². The molecule has 1 aromatic carbocycles. The van der Waals surface area contributed by atoms with E-state index in [0.29, 0.717) is 17.9 Å². The number of nitrogens with zero attached hydrogens (tertiary/aromatic N) is 1. The van der Waals surface area contributed by atoms with Gasteiger partial charge < -0.3 is 9.73 Å². The summed E-state index contributed by atoms with van der Waals surface area (Å²) in [5.74, 6) is 0.345. The molecule has 1 aromatic heterocycles. The van der Waals surface area contributed by atoms with Crippen LogP contribution < -0.4 is 5.32 Å². The number of hydrogen-bond acceptors (Lipinski definition) is 5. The van der Waals surface area contributed by atoms with Crippen LogP contribution in [0.3, 0.4) is 0 Å². The Morgan fingerprint density at radius 3 is 2.62 bits per heavy atom. The third kappa shape index (κ3) is 4.42. The fraction of sp³-hybridized carbons (Fsp3) is 0.222. The summed E-state index contributed by atoms with van der Waals surface area (Å²) in [5.41, 5.74) is 0.734. The van der Waals surface area contributed by atoms with E-state index in [1.54, 1.807) is 12.1 Å². The molecule has 26 heavy (non-hydrogen) atoms. The number of sulfone groups is 1. The first-order chi connectivity index (χ1) is 12.4. The number of amides is 1. The van der Waals surface area contributed by atoms with Crippen LogP contribution in [0.2, 0.25) is 0 Å². The van der Waals surface area contributed by atoms with Gasteiger partial charge in [0.25, 0.3) is 5.91 Å². The van der Waals surface area contributed by atoms with Crippen LogP contribution in [0.15, 0.2) is 50.9 Å². The Bertz CT molecular complexity index is 1000. The molecule has 2 heterocycles. The molecule has 8 heteroatoms. The van der Waals surface area contributed by atoms with Crippen LogP contribution in [0.1, 0.15) is 12.2 Å². The van der Waals surface area contributed by atoms with Crippen LogP contribution in [0.4, 0.5) is 0 Å². The molecule has 3 rings (SSSR count). The summed E-state index contributed by atoms with van der Waals surface area (Å²) in [6, 6.07) is 12.3. The molecule has 1 unspecified atom stereocenters. The molecule has 134 valence electrons. The lowest BCUT2D eigenvalue weighted by atomic mass is 10.2. The molecule has 1 saturated heterocycles. The summed E-state index contributed by atoms with van der Waals surface area (Å²) in [5, 5.41) is 11.8. The van der Waals surface area contributed by atoms with Crippen molar-refractivity contribution in [3.05, 3.63) is 52.2 Å². The first-order valence-electron chi connectivity index (χ1n) is 7.85. The molecule has 0 saturated carbocycles. The summed E-state index contributed by atoms with van der Waals surface area (Å²) in [4.78, 5) is 12.2. The highest BCUT2D eigenvalue weighted by Crippen LogP contribution is 2.25. The van der Waals surface area contributed by atoms with Gasteiger partial charge in [-0.3, -0.25) is 4.79 Å². The van der Waals surface area contributed by atoms with Crippen LogP contribution >= 0.6 is 15.9 Å². The molecule has 2 aromatic rings. The number of halogens is 1. The lowest BCUT2D eigenvalue weighted by molar-refractivity contribution is -0.117. The highest BCUT2D eigenvalue weighted by molar-refractivity contribution is 9.10. The maximum atomic E-state index is 12.2. The van der Waals surface area contributed by atoms with Crippen molar-refractivity contribution in [2.24, 2.45) is 0 Å². The molecule has 1 atom stereocenters. The van der Waals surface area contributed by atoms with Gasteiger partial charge in [-0.25, -0.2) is 8.42 Å². The van der Waals surface area contributed by atoms with E-state index in [2.05, 4.69) is 21.2 Å². The minimum absolute atomic E-state index is 0.0539. The van der Waals surface area contributed by atoms with Crippen LogP contribution in [0, 0.1) is 11.3 Å². The zero-order valence-corrected chi connectivity index (χ0v) is 16.0. The quantitative estimate of drug-likeness (QED) is 0.588. The van der Waals surface area contributed by atoms with Gasteiger partial charge in [-0.05, 0) is 30.7 Å². The topological polar surface area (TPSA) is 100 Å². The van der Waals surface area contributed by atoms with E-state index in [1.165, 1.54) is 6.08 Å². The highest BCUT2D eigenvalue weighted by atomic mass is 79.9. The van der Waals surface area contributed by atoms with Gasteiger partial charge in [-0.1, -0.05) is 28.1 Å². The number of rotatable bonds is 4. The minimum Gasteiger partial charge on any atom is -0.457 e. The number of carbonyl (C=O) groups excluding carboxylic acids is 1. The van der Waals surface area contributed by atoms with Gasteiger partial charge in [0, 0.05) is 22.2 Å². The molecule has 0 spiro atoms. The number of furan rings is 1. The van der Waals surface area contributed by atoms with Crippen molar-refractivity contribution in [1.29, 1.82) is 5.26 Å². The third-order valence-corrected chi connectivity index (χ3v) is 6.27. The van der Waals surface area contributed by atoms with E-state index in [9.17, 15) is 18.5 Å². The molecule has 1 aliphatic rings. The fourth-order valence-electron chi connectivity index (χ4n) is 2.66. The summed E-state index contributed by atoms with van der Waals surface area (Å²) in [6.07, 6.45) is 1.71. The number of nitrogens with one attached hydrogen (secondary N) is 1. The Kier molecular flexibility index (Phi) is 5.30. The monoisotopic (exact) mass is 434 g/mol. The van der Waals surface area contributed by atoms with Crippen molar-refractivity contribution in [2.75, 3.05) is 11.5 Å². The second-order valence-corrected chi connectivity index (χ2v) is 9.10. The first kappa shape index (κ1) is 18.4. The lowest BCUT2D eigenvalue weighted by Crippen LogP contribution is -2.36. The Labute approximate surface area is 159 Å².